The first-order valence-corrected chi connectivity index (χ1v) is 10.8. The van der Waals surface area contributed by atoms with Gasteiger partial charge in [0.05, 0.1) is 24.6 Å². The van der Waals surface area contributed by atoms with E-state index in [2.05, 4.69) is 9.97 Å². The molecule has 0 spiro atoms. The third kappa shape index (κ3) is 4.06. The lowest BCUT2D eigenvalue weighted by Crippen LogP contribution is -2.12. The molecule has 8 nitrogen and oxygen atoms in total. The molecule has 0 amide bonds. The quantitative estimate of drug-likeness (QED) is 0.361. The van der Waals surface area contributed by atoms with Crippen molar-refractivity contribution in [2.24, 2.45) is 0 Å². The number of ether oxygens (including phenoxy) is 1. The number of nitrogens with zero attached hydrogens (tertiary/aromatic N) is 2. The van der Waals surface area contributed by atoms with Crippen molar-refractivity contribution >= 4 is 28.0 Å². The van der Waals surface area contributed by atoms with E-state index < -0.39 is 23.1 Å². The minimum absolute atomic E-state index is 0.0120. The van der Waals surface area contributed by atoms with Crippen LogP contribution in [0.5, 0.6) is 11.5 Å². The van der Waals surface area contributed by atoms with E-state index in [1.54, 1.807) is 54.9 Å². The summed E-state index contributed by atoms with van der Waals surface area (Å²) in [5.74, 6) is -1.79. The fourth-order valence-corrected chi connectivity index (χ4v) is 4.24. The number of hydrogen-bond acceptors (Lipinski definition) is 8. The van der Waals surface area contributed by atoms with E-state index in [1.165, 1.54) is 13.2 Å². The number of benzene rings is 3. The summed E-state index contributed by atoms with van der Waals surface area (Å²) >= 11 is 0. The molecule has 0 fully saturated rings. The van der Waals surface area contributed by atoms with E-state index in [-0.39, 0.29) is 34.5 Å². The van der Waals surface area contributed by atoms with Crippen LogP contribution in [0.15, 0.2) is 82.3 Å². The van der Waals surface area contributed by atoms with Crippen LogP contribution in [0.25, 0.3) is 33.3 Å². The molecule has 3 aromatic carbocycles. The number of esters is 1. The maximum atomic E-state index is 13.1. The van der Waals surface area contributed by atoms with Crippen LogP contribution < -0.4 is 5.43 Å². The van der Waals surface area contributed by atoms with Crippen molar-refractivity contribution in [1.29, 1.82) is 0 Å². The molecule has 5 aromatic rings. The number of phenolic OH excluding ortho intramolecular Hbond substituents is 2. The molecule has 2 N–H and O–H groups in total. The van der Waals surface area contributed by atoms with Gasteiger partial charge in [0, 0.05) is 41.6 Å². The summed E-state index contributed by atoms with van der Waals surface area (Å²) in [6.07, 6.45) is 2.97. The van der Waals surface area contributed by atoms with Crippen molar-refractivity contribution in [2.45, 2.75) is 12.3 Å². The highest BCUT2D eigenvalue weighted by Crippen LogP contribution is 2.43. The summed E-state index contributed by atoms with van der Waals surface area (Å²) in [5, 5.41) is 21.4. The number of hydrogen-bond donors (Lipinski definition) is 2. The van der Waals surface area contributed by atoms with Crippen molar-refractivity contribution in [3.8, 4) is 22.8 Å². The second-order valence-corrected chi connectivity index (χ2v) is 8.01. The normalized spacial score (nSPS) is 12.0. The van der Waals surface area contributed by atoms with Crippen LogP contribution in [0.4, 0.5) is 0 Å². The maximum absolute atomic E-state index is 13.1. The highest BCUT2D eigenvalue weighted by atomic mass is 16.5. The van der Waals surface area contributed by atoms with Crippen LogP contribution >= 0.6 is 0 Å². The predicted molar refractivity (Wildman–Crippen MR) is 129 cm³/mol. The third-order valence-electron chi connectivity index (χ3n) is 5.90. The Bertz CT molecular complexity index is 1630. The highest BCUT2D eigenvalue weighted by molar-refractivity contribution is 5.91. The number of carbonyl (C=O) groups is 1. The number of aromatic nitrogens is 2. The molecular formula is C27H20N2O6. The van der Waals surface area contributed by atoms with Crippen molar-refractivity contribution < 1.29 is 24.2 Å². The molecule has 0 radical (unpaired) electrons. The van der Waals surface area contributed by atoms with Gasteiger partial charge in [-0.2, -0.15) is 0 Å². The van der Waals surface area contributed by atoms with Gasteiger partial charge in [0.2, 0.25) is 0 Å². The lowest BCUT2D eigenvalue weighted by Gasteiger charge is -2.20. The van der Waals surface area contributed by atoms with Gasteiger partial charge in [0.25, 0.3) is 0 Å². The standard InChI is InChI=1S/C27H20N2O6/c1-34-24(33)12-17(16-7-8-18-19(11-16)29-10-9-28-18)25-20(30)13-21(31)26-22(32)14-23(35-27(25)26)15-5-3-2-4-6-15/h2-11,13-14,17,30-31H,12H2,1H3. The SMILES string of the molecule is COC(=O)CC(c1ccc2nccnc2c1)c1c(O)cc(O)c2c(=O)cc(-c3ccccc3)oc12. The van der Waals surface area contributed by atoms with Crippen LogP contribution in [0, 0.1) is 0 Å². The zero-order valence-electron chi connectivity index (χ0n) is 18.6. The number of methoxy groups -OCH3 is 1. The minimum atomic E-state index is -0.772. The lowest BCUT2D eigenvalue weighted by molar-refractivity contribution is -0.140. The number of fused-ring (bicyclic) bond motifs is 2. The van der Waals surface area contributed by atoms with Crippen LogP contribution in [0.2, 0.25) is 0 Å². The maximum Gasteiger partial charge on any atom is 0.306 e. The van der Waals surface area contributed by atoms with Gasteiger partial charge in [0.15, 0.2) is 5.43 Å². The first kappa shape index (κ1) is 22.1. The van der Waals surface area contributed by atoms with Crippen LogP contribution in [0.1, 0.15) is 23.5 Å². The molecule has 0 aliphatic carbocycles. The zero-order chi connectivity index (χ0) is 24.5. The van der Waals surface area contributed by atoms with Gasteiger partial charge < -0.3 is 19.4 Å². The molecule has 0 saturated heterocycles. The summed E-state index contributed by atoms with van der Waals surface area (Å²) in [4.78, 5) is 34.1. The Labute approximate surface area is 199 Å². The summed E-state index contributed by atoms with van der Waals surface area (Å²) in [6, 6.07) is 16.7. The zero-order valence-corrected chi connectivity index (χ0v) is 18.6. The summed E-state index contributed by atoms with van der Waals surface area (Å²) < 4.78 is 11.0. The molecule has 5 rings (SSSR count). The van der Waals surface area contributed by atoms with E-state index in [4.69, 9.17) is 9.15 Å². The largest absolute Gasteiger partial charge is 0.507 e. The van der Waals surface area contributed by atoms with Crippen LogP contribution in [0.3, 0.4) is 0 Å². The van der Waals surface area contributed by atoms with Crippen molar-refractivity contribution in [3.05, 3.63) is 94.4 Å². The predicted octanol–water partition coefficient (Wildman–Crippen LogP) is 4.51. The average Bonchev–Trinajstić information content (AvgIpc) is 2.87. The van der Waals surface area contributed by atoms with E-state index >= 15 is 0 Å². The number of aromatic hydroxyl groups is 2. The van der Waals surface area contributed by atoms with Gasteiger partial charge in [-0.25, -0.2) is 0 Å². The van der Waals surface area contributed by atoms with Crippen molar-refractivity contribution in [3.63, 3.8) is 0 Å². The smallest absolute Gasteiger partial charge is 0.306 e. The van der Waals surface area contributed by atoms with Crippen molar-refractivity contribution in [2.75, 3.05) is 7.11 Å². The molecular weight excluding hydrogens is 448 g/mol. The van der Waals surface area contributed by atoms with Crippen LogP contribution in [-0.4, -0.2) is 33.3 Å². The number of carbonyl (C=O) groups excluding carboxylic acids is 1. The molecule has 174 valence electrons. The first-order valence-electron chi connectivity index (χ1n) is 10.8. The summed E-state index contributed by atoms with van der Waals surface area (Å²) in [5.41, 5.74) is 2.21. The molecule has 0 bridgehead atoms. The van der Waals surface area contributed by atoms with E-state index in [0.717, 1.165) is 6.07 Å². The molecule has 2 heterocycles. The Balaban J connectivity index is 1.81. The van der Waals surface area contributed by atoms with Crippen molar-refractivity contribution in [1.82, 2.24) is 9.97 Å². The van der Waals surface area contributed by atoms with Gasteiger partial charge in [0.1, 0.15) is 28.2 Å². The molecule has 1 atom stereocenters. The minimum Gasteiger partial charge on any atom is -0.507 e. The fourth-order valence-electron chi connectivity index (χ4n) is 4.24. The Hall–Kier alpha value is -4.72. The topological polar surface area (TPSA) is 123 Å². The molecule has 1 unspecified atom stereocenters. The van der Waals surface area contributed by atoms with Gasteiger partial charge in [-0.1, -0.05) is 36.4 Å². The van der Waals surface area contributed by atoms with Gasteiger partial charge in [-0.3, -0.25) is 19.6 Å². The summed E-state index contributed by atoms with van der Waals surface area (Å²) in [7, 11) is 1.27. The Morgan fingerprint density at radius 3 is 2.46 bits per heavy atom. The molecule has 8 heteroatoms. The van der Waals surface area contributed by atoms with Crippen LogP contribution in [-0.2, 0) is 9.53 Å². The number of rotatable bonds is 5. The monoisotopic (exact) mass is 468 g/mol. The Morgan fingerprint density at radius 2 is 1.71 bits per heavy atom. The Morgan fingerprint density at radius 1 is 0.971 bits per heavy atom. The highest BCUT2D eigenvalue weighted by Gasteiger charge is 2.28. The molecule has 35 heavy (non-hydrogen) atoms. The first-order chi connectivity index (χ1) is 17.0. The molecule has 0 aliphatic heterocycles. The Kier molecular flexibility index (Phi) is 5.62. The van der Waals surface area contributed by atoms with Gasteiger partial charge in [-0.15, -0.1) is 0 Å². The molecule has 0 saturated carbocycles. The lowest BCUT2D eigenvalue weighted by atomic mass is 9.86. The second kappa shape index (κ2) is 8.90. The second-order valence-electron chi connectivity index (χ2n) is 8.01. The summed E-state index contributed by atoms with van der Waals surface area (Å²) in [6.45, 7) is 0. The fraction of sp³-hybridized carbons (Fsp3) is 0.111. The van der Waals surface area contributed by atoms with E-state index in [0.29, 0.717) is 22.2 Å². The molecule has 2 aromatic heterocycles. The average molecular weight is 468 g/mol. The third-order valence-corrected chi connectivity index (χ3v) is 5.90. The van der Waals surface area contributed by atoms with Gasteiger partial charge in [-0.05, 0) is 17.7 Å². The van der Waals surface area contributed by atoms with E-state index in [1.807, 2.05) is 6.07 Å². The van der Waals surface area contributed by atoms with Gasteiger partial charge >= 0.3 is 5.97 Å². The van der Waals surface area contributed by atoms with E-state index in [9.17, 15) is 19.8 Å². The number of phenols is 2. The molecule has 0 aliphatic rings.